The molecule has 2 N–H and O–H groups in total. The molecular formula is C25H21ClN2O4S. The first-order valence-corrected chi connectivity index (χ1v) is 12.0. The second-order valence-electron chi connectivity index (χ2n) is 7.23. The lowest BCUT2D eigenvalue weighted by molar-refractivity contribution is -0.114. The molecule has 0 aromatic heterocycles. The zero-order valence-electron chi connectivity index (χ0n) is 17.7. The lowest BCUT2D eigenvalue weighted by atomic mass is 10.1. The van der Waals surface area contributed by atoms with Crippen LogP contribution in [0.15, 0.2) is 94.7 Å². The van der Waals surface area contributed by atoms with E-state index in [1.807, 2.05) is 42.5 Å². The van der Waals surface area contributed by atoms with Crippen molar-refractivity contribution < 1.29 is 17.9 Å². The quantitative estimate of drug-likeness (QED) is 0.370. The number of nitrogens with one attached hydrogen (secondary N) is 2. The molecule has 0 saturated heterocycles. The van der Waals surface area contributed by atoms with E-state index in [1.165, 1.54) is 31.4 Å². The molecule has 168 valence electrons. The number of carbonyl (C=O) groups is 1. The van der Waals surface area contributed by atoms with Crippen molar-refractivity contribution >= 4 is 49.5 Å². The van der Waals surface area contributed by atoms with Crippen molar-refractivity contribution in [1.29, 1.82) is 0 Å². The van der Waals surface area contributed by atoms with E-state index in [9.17, 15) is 13.2 Å². The number of anilines is 2. The number of rotatable bonds is 7. The monoisotopic (exact) mass is 480 g/mol. The van der Waals surface area contributed by atoms with Gasteiger partial charge in [0.2, 0.25) is 15.7 Å². The number of hydrogen-bond donors (Lipinski definition) is 2. The maximum absolute atomic E-state index is 13.2. The molecule has 4 aromatic rings. The van der Waals surface area contributed by atoms with E-state index in [0.717, 1.165) is 10.8 Å². The molecule has 1 amide bonds. The molecular weight excluding hydrogens is 460 g/mol. The third-order valence-corrected chi connectivity index (χ3v) is 7.06. The second kappa shape index (κ2) is 9.52. The highest BCUT2D eigenvalue weighted by molar-refractivity contribution is 7.91. The van der Waals surface area contributed by atoms with Crippen LogP contribution in [0.25, 0.3) is 10.8 Å². The Morgan fingerprint density at radius 1 is 0.909 bits per heavy atom. The van der Waals surface area contributed by atoms with Gasteiger partial charge in [0.25, 0.3) is 0 Å². The average Bonchev–Trinajstić information content (AvgIpc) is 2.83. The molecule has 6 nitrogen and oxygen atoms in total. The molecule has 0 bridgehead atoms. The summed E-state index contributed by atoms with van der Waals surface area (Å²) >= 11 is 6.22. The van der Waals surface area contributed by atoms with Gasteiger partial charge in [0.05, 0.1) is 24.2 Å². The Bertz CT molecular complexity index is 1420. The van der Waals surface area contributed by atoms with Gasteiger partial charge in [-0.15, -0.1) is 0 Å². The van der Waals surface area contributed by atoms with Crippen molar-refractivity contribution in [2.75, 3.05) is 24.3 Å². The second-order valence-corrected chi connectivity index (χ2v) is 9.58. The third-order valence-electron chi connectivity index (χ3n) is 5.07. The van der Waals surface area contributed by atoms with Crippen LogP contribution in [0.1, 0.15) is 0 Å². The van der Waals surface area contributed by atoms with Gasteiger partial charge in [-0.3, -0.25) is 4.79 Å². The molecule has 4 aromatic carbocycles. The van der Waals surface area contributed by atoms with E-state index in [1.54, 1.807) is 18.2 Å². The summed E-state index contributed by atoms with van der Waals surface area (Å²) in [6, 6.07) is 24.3. The Labute approximate surface area is 197 Å². The average molecular weight is 481 g/mol. The van der Waals surface area contributed by atoms with E-state index in [2.05, 4.69) is 10.6 Å². The highest BCUT2D eigenvalue weighted by atomic mass is 35.5. The van der Waals surface area contributed by atoms with E-state index in [0.29, 0.717) is 11.4 Å². The van der Waals surface area contributed by atoms with E-state index in [-0.39, 0.29) is 33.0 Å². The van der Waals surface area contributed by atoms with E-state index < -0.39 is 9.84 Å². The number of methoxy groups -OCH3 is 1. The van der Waals surface area contributed by atoms with Crippen LogP contribution in [0, 0.1) is 0 Å². The summed E-state index contributed by atoms with van der Waals surface area (Å²) in [5, 5.41) is 7.96. The first-order chi connectivity index (χ1) is 15.9. The van der Waals surface area contributed by atoms with Gasteiger partial charge in [-0.2, -0.15) is 0 Å². The van der Waals surface area contributed by atoms with Crippen molar-refractivity contribution in [2.24, 2.45) is 0 Å². The Balaban J connectivity index is 1.59. The molecule has 0 aliphatic carbocycles. The fraction of sp³-hybridized carbons (Fsp3) is 0.0800. The normalized spacial score (nSPS) is 11.2. The number of hydrogen-bond acceptors (Lipinski definition) is 5. The SMILES string of the molecule is COc1c(NCC(=O)Nc2cccc3ccccc23)cc(Cl)cc1S(=O)(=O)c1ccccc1. The van der Waals surface area contributed by atoms with Crippen molar-refractivity contribution in [3.63, 3.8) is 0 Å². The summed E-state index contributed by atoms with van der Waals surface area (Å²) in [6.45, 7) is -0.120. The van der Waals surface area contributed by atoms with Gasteiger partial charge in [-0.25, -0.2) is 8.42 Å². The maximum Gasteiger partial charge on any atom is 0.243 e. The van der Waals surface area contributed by atoms with Crippen LogP contribution in [0.3, 0.4) is 0 Å². The number of fused-ring (bicyclic) bond motifs is 1. The van der Waals surface area contributed by atoms with Crippen LogP contribution in [-0.2, 0) is 14.6 Å². The summed E-state index contributed by atoms with van der Waals surface area (Å²) in [7, 11) is -2.52. The van der Waals surface area contributed by atoms with Gasteiger partial charge in [0.15, 0.2) is 5.75 Å². The molecule has 0 aliphatic rings. The topological polar surface area (TPSA) is 84.5 Å². The third kappa shape index (κ3) is 4.79. The predicted molar refractivity (Wildman–Crippen MR) is 131 cm³/mol. The Hall–Kier alpha value is -3.55. The van der Waals surface area contributed by atoms with Gasteiger partial charge >= 0.3 is 0 Å². The molecule has 4 rings (SSSR count). The lowest BCUT2D eigenvalue weighted by Gasteiger charge is -2.16. The van der Waals surface area contributed by atoms with Crippen LogP contribution >= 0.6 is 11.6 Å². The Morgan fingerprint density at radius 3 is 2.36 bits per heavy atom. The fourth-order valence-corrected chi connectivity index (χ4v) is 5.31. The molecule has 33 heavy (non-hydrogen) atoms. The Kier molecular flexibility index (Phi) is 6.53. The van der Waals surface area contributed by atoms with E-state index >= 15 is 0 Å². The summed E-state index contributed by atoms with van der Waals surface area (Å²) in [6.07, 6.45) is 0. The maximum atomic E-state index is 13.2. The standard InChI is InChI=1S/C25H21ClN2O4S/c1-32-25-22(14-18(26)15-23(25)33(30,31)19-10-3-2-4-11-19)27-16-24(29)28-21-13-7-9-17-8-5-6-12-20(17)21/h2-15,27H,16H2,1H3,(H,28,29). The van der Waals surface area contributed by atoms with Crippen LogP contribution < -0.4 is 15.4 Å². The largest absolute Gasteiger partial charge is 0.493 e. The summed E-state index contributed by atoms with van der Waals surface area (Å²) in [5.74, 6) is -0.220. The van der Waals surface area contributed by atoms with Crippen molar-refractivity contribution in [3.05, 3.63) is 90.0 Å². The van der Waals surface area contributed by atoms with Crippen LogP contribution in [0.4, 0.5) is 11.4 Å². The molecule has 8 heteroatoms. The minimum absolute atomic E-state index is 0.0827. The smallest absolute Gasteiger partial charge is 0.243 e. The number of amides is 1. The van der Waals surface area contributed by atoms with Crippen LogP contribution in [0.5, 0.6) is 5.75 Å². The highest BCUT2D eigenvalue weighted by Crippen LogP contribution is 2.38. The number of benzene rings is 4. The highest BCUT2D eigenvalue weighted by Gasteiger charge is 2.25. The number of ether oxygens (including phenoxy) is 1. The molecule has 0 fully saturated rings. The van der Waals surface area contributed by atoms with Gasteiger partial charge in [0, 0.05) is 16.1 Å². The minimum Gasteiger partial charge on any atom is -0.493 e. The van der Waals surface area contributed by atoms with E-state index in [4.69, 9.17) is 16.3 Å². The summed E-state index contributed by atoms with van der Waals surface area (Å²) < 4.78 is 31.8. The van der Waals surface area contributed by atoms with Gasteiger partial charge in [0.1, 0.15) is 4.90 Å². The summed E-state index contributed by atoms with van der Waals surface area (Å²) in [4.78, 5) is 12.7. The van der Waals surface area contributed by atoms with Crippen molar-refractivity contribution in [3.8, 4) is 5.75 Å². The first kappa shape index (κ1) is 22.6. The fourth-order valence-electron chi connectivity index (χ4n) is 3.54. The predicted octanol–water partition coefficient (Wildman–Crippen LogP) is 5.39. The molecule has 0 atom stereocenters. The zero-order valence-corrected chi connectivity index (χ0v) is 19.3. The van der Waals surface area contributed by atoms with Gasteiger partial charge in [-0.05, 0) is 35.7 Å². The molecule has 0 aliphatic heterocycles. The number of sulfone groups is 1. The minimum atomic E-state index is -3.89. The van der Waals surface area contributed by atoms with Crippen molar-refractivity contribution in [1.82, 2.24) is 0 Å². The van der Waals surface area contributed by atoms with Crippen LogP contribution in [0.2, 0.25) is 5.02 Å². The number of carbonyl (C=O) groups excluding carboxylic acids is 1. The molecule has 0 heterocycles. The summed E-state index contributed by atoms with van der Waals surface area (Å²) in [5.41, 5.74) is 0.984. The lowest BCUT2D eigenvalue weighted by Crippen LogP contribution is -2.22. The molecule has 0 radical (unpaired) electrons. The number of halogens is 1. The van der Waals surface area contributed by atoms with Gasteiger partial charge < -0.3 is 15.4 Å². The van der Waals surface area contributed by atoms with Crippen LogP contribution in [-0.4, -0.2) is 28.0 Å². The molecule has 0 unspecified atom stereocenters. The molecule has 0 saturated carbocycles. The first-order valence-electron chi connectivity index (χ1n) is 10.1. The Morgan fingerprint density at radius 2 is 1.61 bits per heavy atom. The zero-order chi connectivity index (χ0) is 23.4. The van der Waals surface area contributed by atoms with Gasteiger partial charge in [-0.1, -0.05) is 66.2 Å². The molecule has 0 spiro atoms. The van der Waals surface area contributed by atoms with Crippen molar-refractivity contribution in [2.45, 2.75) is 9.79 Å².